The van der Waals surface area contributed by atoms with Gasteiger partial charge >= 0.3 is 95.7 Å². The summed E-state index contributed by atoms with van der Waals surface area (Å²) in [4.78, 5) is 0. The molecule has 1 aliphatic rings. The van der Waals surface area contributed by atoms with Crippen LogP contribution in [0.15, 0.2) is 0 Å². The Labute approximate surface area is 95.1 Å². The molecular weight excluding hydrogens is 346 g/mol. The van der Waals surface area contributed by atoms with E-state index >= 15 is 0 Å². The molecule has 0 amide bonds. The summed E-state index contributed by atoms with van der Waals surface area (Å²) in [6.07, 6.45) is 4.73. The first-order valence-corrected chi connectivity index (χ1v) is 14.8. The molecule has 0 aromatic rings. The number of halogens is 3. The van der Waals surface area contributed by atoms with Gasteiger partial charge in [0.05, 0.1) is 0 Å². The minimum atomic E-state index is -3.08. The maximum atomic E-state index is 6.08. The molecule has 13 heavy (non-hydrogen) atoms. The Bertz CT molecular complexity index is 158. The van der Waals surface area contributed by atoms with E-state index in [-0.39, 0.29) is 10.1 Å². The van der Waals surface area contributed by atoms with Crippen molar-refractivity contribution < 1.29 is 4.74 Å². The van der Waals surface area contributed by atoms with Crippen LogP contribution >= 0.6 is 26.9 Å². The van der Waals surface area contributed by atoms with Crippen molar-refractivity contribution in [2.75, 3.05) is 6.61 Å². The number of rotatable bonds is 3. The van der Waals surface area contributed by atoms with Crippen LogP contribution in [0, 0.1) is 0 Å². The molecule has 0 aromatic heterocycles. The third-order valence-electron chi connectivity index (χ3n) is 2.37. The molecule has 0 radical (unpaired) electrons. The van der Waals surface area contributed by atoms with Crippen LogP contribution in [0.1, 0.15) is 32.6 Å². The predicted octanol–water partition coefficient (Wildman–Crippen LogP) is 3.99. The van der Waals surface area contributed by atoms with Crippen molar-refractivity contribution in [2.24, 2.45) is 0 Å². The molecule has 0 spiro atoms. The van der Waals surface area contributed by atoms with Crippen molar-refractivity contribution in [3.8, 4) is 0 Å². The third-order valence-corrected chi connectivity index (χ3v) is 10.5. The molecule has 0 bridgehead atoms. The van der Waals surface area contributed by atoms with Gasteiger partial charge in [0.25, 0.3) is 0 Å². The quantitative estimate of drug-likeness (QED) is 0.691. The fourth-order valence-corrected chi connectivity index (χ4v) is 8.71. The molecule has 0 unspecified atom stereocenters. The number of hydrogen-bond acceptors (Lipinski definition) is 1. The molecule has 1 rings (SSSR count). The van der Waals surface area contributed by atoms with E-state index in [4.69, 9.17) is 31.6 Å². The molecule has 1 fully saturated rings. The van der Waals surface area contributed by atoms with Gasteiger partial charge in [0, 0.05) is 0 Å². The fourth-order valence-electron chi connectivity index (χ4n) is 1.77. The summed E-state index contributed by atoms with van der Waals surface area (Å²) < 4.78 is 5.87. The zero-order chi connectivity index (χ0) is 9.90. The monoisotopic (exact) mass is 362 g/mol. The Morgan fingerprint density at radius 3 is 2.38 bits per heavy atom. The van der Waals surface area contributed by atoms with Gasteiger partial charge in [-0.25, -0.2) is 0 Å². The zero-order valence-electron chi connectivity index (χ0n) is 7.64. The van der Waals surface area contributed by atoms with Gasteiger partial charge in [0.2, 0.25) is 0 Å². The first-order chi connectivity index (χ1) is 6.05. The summed E-state index contributed by atoms with van der Waals surface area (Å²) in [5, 5.41) is 0. The van der Waals surface area contributed by atoms with Crippen LogP contribution in [0.3, 0.4) is 0 Å². The van der Waals surface area contributed by atoms with Crippen LogP contribution < -0.4 is 0 Å². The van der Waals surface area contributed by atoms with Crippen LogP contribution in [0.4, 0.5) is 0 Å². The van der Waals surface area contributed by atoms with E-state index in [1.54, 1.807) is 0 Å². The van der Waals surface area contributed by atoms with Gasteiger partial charge in [-0.3, -0.25) is 0 Å². The molecule has 0 aliphatic heterocycles. The average Bonchev–Trinajstić information content (AvgIpc) is 2.04. The molecule has 0 aromatic carbocycles. The van der Waals surface area contributed by atoms with E-state index in [0.29, 0.717) is 0 Å². The summed E-state index contributed by atoms with van der Waals surface area (Å²) in [6.45, 7) is 2.72. The second-order valence-electron chi connectivity index (χ2n) is 3.26. The van der Waals surface area contributed by atoms with Crippen molar-refractivity contribution in [1.29, 1.82) is 0 Å². The second-order valence-corrected chi connectivity index (χ2v) is 20.5. The summed E-state index contributed by atoms with van der Waals surface area (Å²) in [5.41, 5.74) is 0. The second kappa shape index (κ2) is 5.63. The van der Waals surface area contributed by atoms with Crippen LogP contribution in [-0.4, -0.2) is 27.5 Å². The summed E-state index contributed by atoms with van der Waals surface area (Å²) in [5.74, 6) is 0. The normalized spacial score (nSPS) is 31.7. The molecule has 0 saturated heterocycles. The van der Waals surface area contributed by atoms with Gasteiger partial charge in [0.1, 0.15) is 0 Å². The molecule has 0 N–H and O–H groups in total. The summed E-state index contributed by atoms with van der Waals surface area (Å²) in [7, 11) is 18.2. The predicted molar refractivity (Wildman–Crippen MR) is 60.9 cm³/mol. The standard InChI is InChI=1S/C8H15Cl3OTe/c1-2-12-7-5-3-4-6-8(7)13(9,10)11/h7-8H,2-6H2,1H3/t7-,8-/m1/s1. The summed E-state index contributed by atoms with van der Waals surface area (Å²) >= 11 is -3.08. The molecule has 1 saturated carbocycles. The van der Waals surface area contributed by atoms with Crippen molar-refractivity contribution in [1.82, 2.24) is 0 Å². The van der Waals surface area contributed by atoms with Crippen molar-refractivity contribution in [3.05, 3.63) is 0 Å². The van der Waals surface area contributed by atoms with Gasteiger partial charge in [0.15, 0.2) is 0 Å². The Kier molecular flexibility index (Phi) is 5.50. The van der Waals surface area contributed by atoms with Crippen molar-refractivity contribution >= 4 is 41.7 Å². The minimum absolute atomic E-state index is 0.215. The van der Waals surface area contributed by atoms with E-state index in [0.717, 1.165) is 19.4 Å². The molecular formula is C8H15Cl3OTe. The van der Waals surface area contributed by atoms with Gasteiger partial charge in [-0.05, 0) is 0 Å². The first-order valence-electron chi connectivity index (χ1n) is 4.58. The number of ether oxygens (including phenoxy) is 1. The van der Waals surface area contributed by atoms with E-state index in [2.05, 4.69) is 0 Å². The van der Waals surface area contributed by atoms with Crippen molar-refractivity contribution in [2.45, 2.75) is 42.7 Å². The molecule has 1 nitrogen and oxygen atoms in total. The van der Waals surface area contributed by atoms with Gasteiger partial charge in [-0.2, -0.15) is 0 Å². The van der Waals surface area contributed by atoms with Gasteiger partial charge in [-0.1, -0.05) is 0 Å². The summed E-state index contributed by atoms with van der Waals surface area (Å²) in [6, 6.07) is 0. The Morgan fingerprint density at radius 2 is 1.85 bits per heavy atom. The maximum absolute atomic E-state index is 6.08. The van der Waals surface area contributed by atoms with E-state index < -0.39 is 14.8 Å². The van der Waals surface area contributed by atoms with E-state index in [1.807, 2.05) is 6.92 Å². The molecule has 2 atom stereocenters. The zero-order valence-corrected chi connectivity index (χ0v) is 12.2. The Balaban J connectivity index is 2.56. The van der Waals surface area contributed by atoms with E-state index in [9.17, 15) is 0 Å². The van der Waals surface area contributed by atoms with Crippen molar-refractivity contribution in [3.63, 3.8) is 0 Å². The number of hydrogen-bond donors (Lipinski definition) is 0. The topological polar surface area (TPSA) is 9.23 Å². The Morgan fingerprint density at radius 1 is 1.23 bits per heavy atom. The first kappa shape index (κ1) is 12.7. The van der Waals surface area contributed by atoms with E-state index in [1.165, 1.54) is 12.8 Å². The molecule has 5 heteroatoms. The SMILES string of the molecule is CCO[C@@H]1CCCC[C@H]1[Te](Cl)(Cl)Cl. The fraction of sp³-hybridized carbons (Fsp3) is 1.00. The molecule has 1 aliphatic carbocycles. The van der Waals surface area contributed by atoms with Gasteiger partial charge < -0.3 is 0 Å². The Hall–Kier alpha value is 1.62. The van der Waals surface area contributed by atoms with Crippen LogP contribution in [-0.2, 0) is 4.74 Å². The average molecular weight is 361 g/mol. The van der Waals surface area contributed by atoms with Crippen LogP contribution in [0.25, 0.3) is 0 Å². The third kappa shape index (κ3) is 3.93. The van der Waals surface area contributed by atoms with Crippen LogP contribution in [0.2, 0.25) is 3.97 Å². The van der Waals surface area contributed by atoms with Gasteiger partial charge in [-0.15, -0.1) is 0 Å². The molecule has 80 valence electrons. The van der Waals surface area contributed by atoms with Crippen LogP contribution in [0.5, 0.6) is 0 Å². The molecule has 0 heterocycles.